The van der Waals surface area contributed by atoms with E-state index in [1.165, 1.54) is 0 Å². The zero-order valence-electron chi connectivity index (χ0n) is 10.1. The van der Waals surface area contributed by atoms with Crippen LogP contribution in [0.1, 0.15) is 30.1 Å². The summed E-state index contributed by atoms with van der Waals surface area (Å²) in [6.07, 6.45) is 1.01. The van der Waals surface area contributed by atoms with E-state index < -0.39 is 38.9 Å². The molecule has 106 valence electrons. The zero-order chi connectivity index (χ0) is 14.6. The third-order valence-corrected chi connectivity index (χ3v) is 3.68. The lowest BCUT2D eigenvalue weighted by Crippen LogP contribution is -2.18. The number of halogens is 2. The van der Waals surface area contributed by atoms with Crippen LogP contribution in [-0.4, -0.2) is 25.2 Å². The average molecular weight is 293 g/mol. The van der Waals surface area contributed by atoms with Crippen LogP contribution in [0, 0.1) is 11.6 Å². The van der Waals surface area contributed by atoms with E-state index in [1.807, 2.05) is 4.72 Å². The fraction of sp³-hybridized carbons (Fsp3) is 0.364. The molecular weight excluding hydrogens is 280 g/mol. The molecule has 1 aromatic carbocycles. The van der Waals surface area contributed by atoms with E-state index in [4.69, 9.17) is 5.11 Å². The van der Waals surface area contributed by atoms with Crippen molar-refractivity contribution in [2.45, 2.75) is 19.8 Å². The van der Waals surface area contributed by atoms with Crippen LogP contribution < -0.4 is 4.72 Å². The number of rotatable bonds is 6. The summed E-state index contributed by atoms with van der Waals surface area (Å²) in [6.45, 7) is 1.79. The number of anilines is 1. The van der Waals surface area contributed by atoms with Crippen molar-refractivity contribution >= 4 is 21.7 Å². The summed E-state index contributed by atoms with van der Waals surface area (Å²) in [5, 5.41) is 8.68. The second-order valence-electron chi connectivity index (χ2n) is 3.89. The number of nitrogens with one attached hydrogen (secondary N) is 1. The smallest absolute Gasteiger partial charge is 0.338 e. The van der Waals surface area contributed by atoms with E-state index in [9.17, 15) is 22.0 Å². The van der Waals surface area contributed by atoms with Crippen LogP contribution in [0.15, 0.2) is 12.1 Å². The van der Waals surface area contributed by atoms with Crippen LogP contribution in [0.4, 0.5) is 14.5 Å². The van der Waals surface area contributed by atoms with Gasteiger partial charge in [0.25, 0.3) is 0 Å². The van der Waals surface area contributed by atoms with Gasteiger partial charge >= 0.3 is 5.97 Å². The van der Waals surface area contributed by atoms with Gasteiger partial charge in [-0.1, -0.05) is 13.3 Å². The second kappa shape index (κ2) is 5.96. The Kier molecular flexibility index (Phi) is 4.82. The summed E-state index contributed by atoms with van der Waals surface area (Å²) in [4.78, 5) is 10.7. The van der Waals surface area contributed by atoms with E-state index in [1.54, 1.807) is 6.92 Å². The molecule has 2 N–H and O–H groups in total. The summed E-state index contributed by atoms with van der Waals surface area (Å²) in [5.41, 5.74) is -1.37. The summed E-state index contributed by atoms with van der Waals surface area (Å²) in [5.74, 6) is -4.25. The molecule has 5 nitrogen and oxygen atoms in total. The van der Waals surface area contributed by atoms with Crippen LogP contribution in [0.3, 0.4) is 0 Å². The van der Waals surface area contributed by atoms with Crippen LogP contribution in [-0.2, 0) is 10.0 Å². The van der Waals surface area contributed by atoms with Crippen LogP contribution in [0.25, 0.3) is 0 Å². The van der Waals surface area contributed by atoms with E-state index in [0.29, 0.717) is 25.0 Å². The topological polar surface area (TPSA) is 83.5 Å². The number of hydrogen-bond donors (Lipinski definition) is 2. The Balaban J connectivity index is 3.08. The lowest BCUT2D eigenvalue weighted by molar-refractivity contribution is 0.0692. The number of unbranched alkanes of at least 4 members (excludes halogenated alkanes) is 1. The number of sulfonamides is 1. The minimum absolute atomic E-state index is 0.220. The molecule has 0 amide bonds. The van der Waals surface area contributed by atoms with Gasteiger partial charge in [0.15, 0.2) is 0 Å². The third-order valence-electron chi connectivity index (χ3n) is 2.32. The van der Waals surface area contributed by atoms with Gasteiger partial charge in [0.1, 0.15) is 11.6 Å². The Labute approximate surface area is 109 Å². The number of carboxylic acids is 1. The molecule has 0 radical (unpaired) electrons. The van der Waals surface area contributed by atoms with Crippen LogP contribution >= 0.6 is 0 Å². The van der Waals surface area contributed by atoms with Crippen molar-refractivity contribution in [3.63, 3.8) is 0 Å². The molecule has 0 saturated heterocycles. The second-order valence-corrected chi connectivity index (χ2v) is 5.73. The van der Waals surface area contributed by atoms with Crippen LogP contribution in [0.2, 0.25) is 0 Å². The van der Waals surface area contributed by atoms with Gasteiger partial charge in [-0.15, -0.1) is 0 Å². The first kappa shape index (κ1) is 15.4. The fourth-order valence-corrected chi connectivity index (χ4v) is 2.61. The number of carboxylic acid groups (broad SMARTS) is 1. The molecule has 1 rings (SSSR count). The van der Waals surface area contributed by atoms with Gasteiger partial charge in [0, 0.05) is 6.07 Å². The molecule has 0 saturated carbocycles. The SMILES string of the molecule is CCCCS(=O)(=O)Nc1cc(C(=O)O)c(F)cc1F. The highest BCUT2D eigenvalue weighted by atomic mass is 32.2. The van der Waals surface area contributed by atoms with Gasteiger partial charge in [-0.05, 0) is 12.5 Å². The van der Waals surface area contributed by atoms with Crippen molar-refractivity contribution in [3.05, 3.63) is 29.3 Å². The molecule has 0 aromatic heterocycles. The molecule has 1 aromatic rings. The Morgan fingerprint density at radius 1 is 1.32 bits per heavy atom. The Hall–Kier alpha value is -1.70. The summed E-state index contributed by atoms with van der Waals surface area (Å²) >= 11 is 0. The molecule has 0 aliphatic heterocycles. The summed E-state index contributed by atoms with van der Waals surface area (Å²) in [7, 11) is -3.78. The van der Waals surface area contributed by atoms with E-state index in [0.717, 1.165) is 0 Å². The van der Waals surface area contributed by atoms with Gasteiger partial charge in [-0.3, -0.25) is 4.72 Å². The molecule has 0 aliphatic carbocycles. The minimum Gasteiger partial charge on any atom is -0.478 e. The monoisotopic (exact) mass is 293 g/mol. The lowest BCUT2D eigenvalue weighted by Gasteiger charge is -2.09. The zero-order valence-corrected chi connectivity index (χ0v) is 10.9. The predicted molar refractivity (Wildman–Crippen MR) is 65.6 cm³/mol. The first-order valence-electron chi connectivity index (χ1n) is 5.49. The molecule has 0 spiro atoms. The van der Waals surface area contributed by atoms with Crippen molar-refractivity contribution < 1.29 is 27.1 Å². The molecule has 0 bridgehead atoms. The van der Waals surface area contributed by atoms with E-state index in [2.05, 4.69) is 0 Å². The molecular formula is C11H13F2NO4S. The van der Waals surface area contributed by atoms with E-state index in [-0.39, 0.29) is 5.75 Å². The largest absolute Gasteiger partial charge is 0.478 e. The fourth-order valence-electron chi connectivity index (χ4n) is 1.34. The van der Waals surface area contributed by atoms with Crippen molar-refractivity contribution in [1.29, 1.82) is 0 Å². The van der Waals surface area contributed by atoms with Crippen molar-refractivity contribution in [2.24, 2.45) is 0 Å². The van der Waals surface area contributed by atoms with Gasteiger partial charge in [0.05, 0.1) is 17.0 Å². The molecule has 0 aliphatic rings. The summed E-state index contributed by atoms with van der Waals surface area (Å²) in [6, 6.07) is 0.956. The molecule has 8 heteroatoms. The standard InChI is InChI=1S/C11H13F2NO4S/c1-2-3-4-19(17,18)14-10-5-7(11(15)16)8(12)6-9(10)13/h5-6,14H,2-4H2,1H3,(H,15,16). The highest BCUT2D eigenvalue weighted by Crippen LogP contribution is 2.21. The highest BCUT2D eigenvalue weighted by Gasteiger charge is 2.18. The maximum absolute atomic E-state index is 13.4. The van der Waals surface area contributed by atoms with E-state index >= 15 is 0 Å². The third kappa shape index (κ3) is 4.16. The Morgan fingerprint density at radius 2 is 1.95 bits per heavy atom. The number of hydrogen-bond acceptors (Lipinski definition) is 3. The molecule has 0 heterocycles. The minimum atomic E-state index is -3.78. The van der Waals surface area contributed by atoms with Gasteiger partial charge in [-0.25, -0.2) is 22.0 Å². The maximum Gasteiger partial charge on any atom is 0.338 e. The quantitative estimate of drug-likeness (QED) is 0.842. The molecule has 0 unspecified atom stereocenters. The number of benzene rings is 1. The molecule has 0 atom stereocenters. The van der Waals surface area contributed by atoms with Crippen LogP contribution in [0.5, 0.6) is 0 Å². The molecule has 0 fully saturated rings. The van der Waals surface area contributed by atoms with Crippen molar-refractivity contribution in [2.75, 3.05) is 10.5 Å². The van der Waals surface area contributed by atoms with Crippen molar-refractivity contribution in [3.8, 4) is 0 Å². The molecule has 19 heavy (non-hydrogen) atoms. The number of aromatic carboxylic acids is 1. The summed E-state index contributed by atoms with van der Waals surface area (Å²) < 4.78 is 51.5. The van der Waals surface area contributed by atoms with Gasteiger partial charge in [-0.2, -0.15) is 0 Å². The Morgan fingerprint density at radius 3 is 2.47 bits per heavy atom. The average Bonchev–Trinajstić information content (AvgIpc) is 2.29. The highest BCUT2D eigenvalue weighted by molar-refractivity contribution is 7.92. The van der Waals surface area contributed by atoms with Gasteiger partial charge in [0.2, 0.25) is 10.0 Å². The normalized spacial score (nSPS) is 11.3. The van der Waals surface area contributed by atoms with Crippen molar-refractivity contribution in [1.82, 2.24) is 0 Å². The maximum atomic E-state index is 13.4. The lowest BCUT2D eigenvalue weighted by atomic mass is 10.2. The Bertz CT molecular complexity index is 587. The number of carbonyl (C=O) groups is 1. The van der Waals surface area contributed by atoms with Gasteiger partial charge < -0.3 is 5.11 Å². The first-order valence-corrected chi connectivity index (χ1v) is 7.15. The predicted octanol–water partition coefficient (Wildman–Crippen LogP) is 2.20. The first-order chi connectivity index (χ1) is 8.76.